The highest BCUT2D eigenvalue weighted by molar-refractivity contribution is 7.15. The molecule has 26 heavy (non-hydrogen) atoms. The predicted octanol–water partition coefficient (Wildman–Crippen LogP) is 3.66. The van der Waals surface area contributed by atoms with Crippen LogP contribution in [0.4, 0.5) is 14.3 Å². The Hall–Kier alpha value is -2.19. The van der Waals surface area contributed by atoms with Crippen molar-refractivity contribution in [2.24, 2.45) is 0 Å². The Bertz CT molecular complexity index is 835. The van der Waals surface area contributed by atoms with Crippen LogP contribution in [0.5, 0.6) is 0 Å². The third-order valence-electron chi connectivity index (χ3n) is 3.84. The number of urea groups is 1. The van der Waals surface area contributed by atoms with E-state index in [-0.39, 0.29) is 22.7 Å². The van der Waals surface area contributed by atoms with Crippen molar-refractivity contribution in [3.8, 4) is 0 Å². The van der Waals surface area contributed by atoms with Gasteiger partial charge in [-0.15, -0.1) is 0 Å². The summed E-state index contributed by atoms with van der Waals surface area (Å²) in [6, 6.07) is 3.87. The monoisotopic (exact) mass is 396 g/mol. The summed E-state index contributed by atoms with van der Waals surface area (Å²) in [6.07, 6.45) is 0.539. The topological polar surface area (TPSA) is 74.3 Å². The minimum Gasteiger partial charge on any atom is -0.336 e. The summed E-state index contributed by atoms with van der Waals surface area (Å²) in [6.45, 7) is 4.45. The van der Waals surface area contributed by atoms with E-state index in [1.54, 1.807) is 4.90 Å². The highest BCUT2D eigenvalue weighted by Crippen LogP contribution is 2.30. The summed E-state index contributed by atoms with van der Waals surface area (Å²) >= 11 is 7.31. The number of nitrogens with zero attached hydrogens (tertiary/aromatic N) is 2. The fourth-order valence-electron chi connectivity index (χ4n) is 2.68. The number of aromatic nitrogens is 1. The van der Waals surface area contributed by atoms with Gasteiger partial charge in [0.15, 0.2) is 5.13 Å². The zero-order valence-electron chi connectivity index (χ0n) is 14.3. The van der Waals surface area contributed by atoms with Gasteiger partial charge >= 0.3 is 6.03 Å². The molecular formula is C17H18ClFN4O2S. The van der Waals surface area contributed by atoms with E-state index >= 15 is 0 Å². The summed E-state index contributed by atoms with van der Waals surface area (Å²) in [7, 11) is 0. The van der Waals surface area contributed by atoms with Gasteiger partial charge in [0.1, 0.15) is 5.82 Å². The maximum absolute atomic E-state index is 14.0. The normalized spacial score (nSPS) is 13.5. The van der Waals surface area contributed by atoms with Crippen LogP contribution in [0.1, 0.15) is 34.8 Å². The molecule has 0 fully saturated rings. The number of halogens is 2. The molecule has 1 aliphatic rings. The smallest absolute Gasteiger partial charge is 0.321 e. The van der Waals surface area contributed by atoms with E-state index in [2.05, 4.69) is 15.6 Å². The summed E-state index contributed by atoms with van der Waals surface area (Å²) < 4.78 is 14.0. The van der Waals surface area contributed by atoms with Crippen molar-refractivity contribution >= 4 is 40.0 Å². The third-order valence-corrected chi connectivity index (χ3v) is 5.15. The molecule has 1 aliphatic heterocycles. The standard InChI is InChI=1S/C17H18ClFN4O2S/c1-9(2)20-16(25)22-17-21-12-6-7-23(8-13(12)26-17)15(24)14-10(18)4-3-5-11(14)19/h3-5,9H,6-8H2,1-2H3,(H2,20,21,22,25). The lowest BCUT2D eigenvalue weighted by atomic mass is 10.1. The van der Waals surface area contributed by atoms with E-state index < -0.39 is 11.7 Å². The molecule has 9 heteroatoms. The van der Waals surface area contributed by atoms with Gasteiger partial charge in [-0.05, 0) is 26.0 Å². The number of nitrogens with one attached hydrogen (secondary N) is 2. The zero-order chi connectivity index (χ0) is 18.8. The minimum atomic E-state index is -0.634. The van der Waals surface area contributed by atoms with Crippen molar-refractivity contribution in [1.29, 1.82) is 0 Å². The number of hydrogen-bond donors (Lipinski definition) is 2. The molecule has 1 aromatic heterocycles. The third kappa shape index (κ3) is 3.96. The number of benzene rings is 1. The van der Waals surface area contributed by atoms with Crippen LogP contribution in [0, 0.1) is 5.82 Å². The molecule has 138 valence electrons. The number of thiazole rings is 1. The Morgan fingerprint density at radius 3 is 2.85 bits per heavy atom. The molecule has 1 aromatic carbocycles. The van der Waals surface area contributed by atoms with Crippen LogP contribution < -0.4 is 10.6 Å². The fourth-order valence-corrected chi connectivity index (χ4v) is 3.94. The van der Waals surface area contributed by atoms with Gasteiger partial charge in [0.25, 0.3) is 5.91 Å². The molecule has 3 amide bonds. The first-order valence-corrected chi connectivity index (χ1v) is 9.34. The molecule has 2 aromatic rings. The first-order chi connectivity index (χ1) is 12.3. The van der Waals surface area contributed by atoms with E-state index in [9.17, 15) is 14.0 Å². The Kier molecular flexibility index (Phi) is 5.43. The van der Waals surface area contributed by atoms with Crippen molar-refractivity contribution in [2.45, 2.75) is 32.9 Å². The Morgan fingerprint density at radius 2 is 2.15 bits per heavy atom. The van der Waals surface area contributed by atoms with E-state index in [1.165, 1.54) is 29.5 Å². The quantitative estimate of drug-likeness (QED) is 0.831. The highest BCUT2D eigenvalue weighted by Gasteiger charge is 2.28. The number of amides is 3. The summed E-state index contributed by atoms with van der Waals surface area (Å²) in [5.41, 5.74) is 0.732. The maximum atomic E-state index is 14.0. The number of carbonyl (C=O) groups excluding carboxylic acids is 2. The largest absolute Gasteiger partial charge is 0.336 e. The second kappa shape index (κ2) is 7.59. The second-order valence-electron chi connectivity index (χ2n) is 6.22. The molecular weight excluding hydrogens is 379 g/mol. The SMILES string of the molecule is CC(C)NC(=O)Nc1nc2c(s1)CN(C(=O)c1c(F)cccc1Cl)CC2. The van der Waals surface area contributed by atoms with Crippen LogP contribution in [0.3, 0.4) is 0 Å². The van der Waals surface area contributed by atoms with Gasteiger partial charge in [0.2, 0.25) is 0 Å². The number of carbonyl (C=O) groups is 2. The van der Waals surface area contributed by atoms with Crippen LogP contribution in [-0.2, 0) is 13.0 Å². The van der Waals surface area contributed by atoms with Gasteiger partial charge in [-0.1, -0.05) is 29.0 Å². The fraction of sp³-hybridized carbons (Fsp3) is 0.353. The average Bonchev–Trinajstić information content (AvgIpc) is 2.94. The Morgan fingerprint density at radius 1 is 1.38 bits per heavy atom. The van der Waals surface area contributed by atoms with Crippen molar-refractivity contribution in [2.75, 3.05) is 11.9 Å². The molecule has 6 nitrogen and oxygen atoms in total. The van der Waals surface area contributed by atoms with Crippen LogP contribution in [0.25, 0.3) is 0 Å². The van der Waals surface area contributed by atoms with Gasteiger partial charge in [-0.25, -0.2) is 14.2 Å². The van der Waals surface area contributed by atoms with Gasteiger partial charge in [-0.2, -0.15) is 0 Å². The molecule has 0 saturated carbocycles. The van der Waals surface area contributed by atoms with Gasteiger partial charge < -0.3 is 10.2 Å². The van der Waals surface area contributed by atoms with Crippen molar-refractivity contribution in [3.63, 3.8) is 0 Å². The molecule has 0 spiro atoms. The summed E-state index contributed by atoms with van der Waals surface area (Å²) in [5.74, 6) is -1.08. The molecule has 0 unspecified atom stereocenters. The van der Waals surface area contributed by atoms with Crippen molar-refractivity contribution in [1.82, 2.24) is 15.2 Å². The van der Waals surface area contributed by atoms with E-state index in [0.717, 1.165) is 10.6 Å². The first-order valence-electron chi connectivity index (χ1n) is 8.14. The van der Waals surface area contributed by atoms with Crippen molar-refractivity contribution < 1.29 is 14.0 Å². The molecule has 2 heterocycles. The van der Waals surface area contributed by atoms with Gasteiger partial charge in [0.05, 0.1) is 22.8 Å². The van der Waals surface area contributed by atoms with E-state index in [4.69, 9.17) is 11.6 Å². The summed E-state index contributed by atoms with van der Waals surface area (Å²) in [4.78, 5) is 31.3. The Labute approximate surface area is 159 Å². The predicted molar refractivity (Wildman–Crippen MR) is 99.3 cm³/mol. The lowest BCUT2D eigenvalue weighted by Gasteiger charge is -2.26. The first kappa shape index (κ1) is 18.6. The molecule has 2 N–H and O–H groups in total. The van der Waals surface area contributed by atoms with Crippen molar-refractivity contribution in [3.05, 3.63) is 45.2 Å². The second-order valence-corrected chi connectivity index (χ2v) is 7.71. The number of fused-ring (bicyclic) bond motifs is 1. The average molecular weight is 397 g/mol. The highest BCUT2D eigenvalue weighted by atomic mass is 35.5. The molecule has 0 bridgehead atoms. The van der Waals surface area contributed by atoms with Crippen LogP contribution in [0.15, 0.2) is 18.2 Å². The molecule has 0 saturated heterocycles. The van der Waals surface area contributed by atoms with Crippen LogP contribution >= 0.6 is 22.9 Å². The summed E-state index contributed by atoms with van der Waals surface area (Å²) in [5, 5.41) is 6.00. The zero-order valence-corrected chi connectivity index (χ0v) is 15.9. The Balaban J connectivity index is 1.74. The minimum absolute atomic E-state index is 0.0169. The van der Waals surface area contributed by atoms with Crippen LogP contribution in [-0.4, -0.2) is 34.4 Å². The van der Waals surface area contributed by atoms with Gasteiger partial charge in [0, 0.05) is 23.9 Å². The number of rotatable bonds is 3. The van der Waals surface area contributed by atoms with E-state index in [1.807, 2.05) is 13.8 Å². The number of hydrogen-bond acceptors (Lipinski definition) is 4. The lowest BCUT2D eigenvalue weighted by molar-refractivity contribution is 0.0731. The van der Waals surface area contributed by atoms with E-state index in [0.29, 0.717) is 24.6 Å². The maximum Gasteiger partial charge on any atom is 0.321 e. The molecule has 3 rings (SSSR count). The molecule has 0 aliphatic carbocycles. The molecule has 0 radical (unpaired) electrons. The van der Waals surface area contributed by atoms with Crippen LogP contribution in [0.2, 0.25) is 5.02 Å². The van der Waals surface area contributed by atoms with Gasteiger partial charge in [-0.3, -0.25) is 10.1 Å². The molecule has 0 atom stereocenters. The lowest BCUT2D eigenvalue weighted by Crippen LogP contribution is -2.36. The number of anilines is 1.